The normalized spacial score (nSPS) is 15.2. The van der Waals surface area contributed by atoms with Crippen LogP contribution >= 0.6 is 11.6 Å². The fourth-order valence-corrected chi connectivity index (χ4v) is 3.16. The number of hydrogen-bond acceptors (Lipinski definition) is 4. The first-order valence-corrected chi connectivity index (χ1v) is 9.00. The van der Waals surface area contributed by atoms with Crippen LogP contribution in [0.4, 0.5) is 0 Å². The van der Waals surface area contributed by atoms with Crippen LogP contribution in [0.15, 0.2) is 24.3 Å². The lowest BCUT2D eigenvalue weighted by molar-refractivity contribution is -0.137. The van der Waals surface area contributed by atoms with Gasteiger partial charge in [-0.1, -0.05) is 18.0 Å². The molecule has 134 valence electrons. The van der Waals surface area contributed by atoms with Gasteiger partial charge in [-0.05, 0) is 44.0 Å². The number of hydrogen-bond donors (Lipinski definition) is 0. The Morgan fingerprint density at radius 2 is 2.04 bits per heavy atom. The SMILES string of the molecule is CC(Oc1ccc(Cl)cc1)C(=O)N(C)Cc1nnc2n1CCCCC2. The van der Waals surface area contributed by atoms with Crippen molar-refractivity contribution in [2.45, 2.75) is 51.8 Å². The molecular formula is C18H23ClN4O2. The average Bonchev–Trinajstić information content (AvgIpc) is 2.82. The highest BCUT2D eigenvalue weighted by molar-refractivity contribution is 6.30. The maximum absolute atomic E-state index is 12.6. The molecule has 1 unspecified atom stereocenters. The number of rotatable bonds is 5. The van der Waals surface area contributed by atoms with E-state index in [1.165, 1.54) is 6.42 Å². The van der Waals surface area contributed by atoms with Crippen molar-refractivity contribution in [3.8, 4) is 5.75 Å². The summed E-state index contributed by atoms with van der Waals surface area (Å²) in [7, 11) is 1.77. The van der Waals surface area contributed by atoms with Crippen molar-refractivity contribution < 1.29 is 9.53 Å². The molecule has 0 fully saturated rings. The van der Waals surface area contributed by atoms with Gasteiger partial charge in [0.25, 0.3) is 5.91 Å². The average molecular weight is 363 g/mol. The summed E-state index contributed by atoms with van der Waals surface area (Å²) in [4.78, 5) is 14.2. The van der Waals surface area contributed by atoms with E-state index in [0.717, 1.165) is 37.5 Å². The first kappa shape index (κ1) is 17.7. The second-order valence-corrected chi connectivity index (χ2v) is 6.84. The van der Waals surface area contributed by atoms with Crippen LogP contribution in [0.5, 0.6) is 5.75 Å². The molecule has 1 aromatic heterocycles. The molecule has 0 N–H and O–H groups in total. The molecule has 1 aromatic carbocycles. The number of halogens is 1. The number of aryl methyl sites for hydroxylation is 1. The summed E-state index contributed by atoms with van der Waals surface area (Å²) in [6.07, 6.45) is 3.87. The molecular weight excluding hydrogens is 340 g/mol. The molecule has 1 amide bonds. The fraction of sp³-hybridized carbons (Fsp3) is 0.500. The largest absolute Gasteiger partial charge is 0.481 e. The van der Waals surface area contributed by atoms with E-state index < -0.39 is 6.10 Å². The van der Waals surface area contributed by atoms with Crippen LogP contribution in [0, 0.1) is 0 Å². The van der Waals surface area contributed by atoms with Crippen LogP contribution in [0.3, 0.4) is 0 Å². The Kier molecular flexibility index (Phi) is 5.58. The van der Waals surface area contributed by atoms with Gasteiger partial charge in [0.2, 0.25) is 0 Å². The molecule has 1 aliphatic heterocycles. The number of aromatic nitrogens is 3. The summed E-state index contributed by atoms with van der Waals surface area (Å²) in [5, 5.41) is 9.19. The number of ether oxygens (including phenoxy) is 1. The Morgan fingerprint density at radius 1 is 1.28 bits per heavy atom. The van der Waals surface area contributed by atoms with E-state index in [1.54, 1.807) is 43.1 Å². The Morgan fingerprint density at radius 3 is 2.80 bits per heavy atom. The van der Waals surface area contributed by atoms with Crippen molar-refractivity contribution in [1.82, 2.24) is 19.7 Å². The molecule has 1 aliphatic rings. The van der Waals surface area contributed by atoms with Crippen LogP contribution in [-0.4, -0.2) is 38.7 Å². The zero-order chi connectivity index (χ0) is 17.8. The molecule has 2 aromatic rings. The van der Waals surface area contributed by atoms with Crippen LogP contribution < -0.4 is 4.74 Å². The third-order valence-electron chi connectivity index (χ3n) is 4.42. The van der Waals surface area contributed by atoms with Gasteiger partial charge < -0.3 is 14.2 Å². The van der Waals surface area contributed by atoms with E-state index >= 15 is 0 Å². The maximum atomic E-state index is 12.6. The standard InChI is InChI=1S/C18H23ClN4O2/c1-13(25-15-9-7-14(19)8-10-15)18(24)22(2)12-17-21-20-16-6-4-3-5-11-23(16)17/h7-10,13H,3-6,11-12H2,1-2H3. The van der Waals surface area contributed by atoms with Crippen LogP contribution in [0.1, 0.15) is 37.8 Å². The lowest BCUT2D eigenvalue weighted by atomic mass is 10.2. The van der Waals surface area contributed by atoms with Gasteiger partial charge in [0, 0.05) is 25.0 Å². The van der Waals surface area contributed by atoms with E-state index in [-0.39, 0.29) is 5.91 Å². The van der Waals surface area contributed by atoms with Gasteiger partial charge in [-0.25, -0.2) is 0 Å². The Bertz CT molecular complexity index is 729. The Labute approximate surface area is 152 Å². The molecule has 3 rings (SSSR count). The molecule has 2 heterocycles. The number of nitrogens with zero attached hydrogens (tertiary/aromatic N) is 4. The summed E-state index contributed by atoms with van der Waals surface area (Å²) in [5.41, 5.74) is 0. The number of carbonyl (C=O) groups is 1. The number of carbonyl (C=O) groups excluding carboxylic acids is 1. The zero-order valence-electron chi connectivity index (χ0n) is 14.6. The van der Waals surface area contributed by atoms with Crippen LogP contribution in [-0.2, 0) is 24.3 Å². The first-order chi connectivity index (χ1) is 12.0. The van der Waals surface area contributed by atoms with Gasteiger partial charge in [-0.2, -0.15) is 0 Å². The highest BCUT2D eigenvalue weighted by atomic mass is 35.5. The topological polar surface area (TPSA) is 60.2 Å². The molecule has 0 saturated heterocycles. The van der Waals surface area contributed by atoms with Crippen molar-refractivity contribution in [2.75, 3.05) is 7.05 Å². The quantitative estimate of drug-likeness (QED) is 0.820. The summed E-state index contributed by atoms with van der Waals surface area (Å²) >= 11 is 5.86. The molecule has 0 aliphatic carbocycles. The van der Waals surface area contributed by atoms with Gasteiger partial charge in [0.05, 0.1) is 6.54 Å². The molecule has 0 saturated carbocycles. The van der Waals surface area contributed by atoms with Crippen molar-refractivity contribution >= 4 is 17.5 Å². The van der Waals surface area contributed by atoms with Crippen molar-refractivity contribution in [2.24, 2.45) is 0 Å². The van der Waals surface area contributed by atoms with Crippen molar-refractivity contribution in [3.05, 3.63) is 40.9 Å². The lowest BCUT2D eigenvalue weighted by Crippen LogP contribution is -2.38. The summed E-state index contributed by atoms with van der Waals surface area (Å²) in [6.45, 7) is 3.11. The first-order valence-electron chi connectivity index (χ1n) is 8.63. The highest BCUT2D eigenvalue weighted by Crippen LogP contribution is 2.18. The van der Waals surface area contributed by atoms with Gasteiger partial charge in [-0.3, -0.25) is 4.79 Å². The predicted molar refractivity (Wildman–Crippen MR) is 95.6 cm³/mol. The smallest absolute Gasteiger partial charge is 0.263 e. The molecule has 25 heavy (non-hydrogen) atoms. The second kappa shape index (κ2) is 7.87. The van der Waals surface area contributed by atoms with E-state index in [2.05, 4.69) is 14.8 Å². The van der Waals surface area contributed by atoms with Crippen molar-refractivity contribution in [1.29, 1.82) is 0 Å². The molecule has 7 heteroatoms. The predicted octanol–water partition coefficient (Wildman–Crippen LogP) is 3.08. The minimum absolute atomic E-state index is 0.0964. The molecule has 1 atom stereocenters. The third kappa shape index (κ3) is 4.31. The van der Waals surface area contributed by atoms with Crippen LogP contribution in [0.2, 0.25) is 5.02 Å². The molecule has 6 nitrogen and oxygen atoms in total. The van der Waals surface area contributed by atoms with Gasteiger partial charge >= 0.3 is 0 Å². The van der Waals surface area contributed by atoms with Crippen LogP contribution in [0.25, 0.3) is 0 Å². The third-order valence-corrected chi connectivity index (χ3v) is 4.67. The van der Waals surface area contributed by atoms with E-state index in [4.69, 9.17) is 16.3 Å². The molecule has 0 spiro atoms. The minimum atomic E-state index is -0.585. The minimum Gasteiger partial charge on any atom is -0.481 e. The lowest BCUT2D eigenvalue weighted by Gasteiger charge is -2.22. The number of amides is 1. The number of likely N-dealkylation sites (N-methyl/N-ethyl adjacent to an activating group) is 1. The van der Waals surface area contributed by atoms with Gasteiger partial charge in [-0.15, -0.1) is 10.2 Å². The van der Waals surface area contributed by atoms with Crippen molar-refractivity contribution in [3.63, 3.8) is 0 Å². The Balaban J connectivity index is 1.62. The molecule has 0 bridgehead atoms. The van der Waals surface area contributed by atoms with E-state index in [9.17, 15) is 4.79 Å². The van der Waals surface area contributed by atoms with E-state index in [0.29, 0.717) is 17.3 Å². The molecule has 0 radical (unpaired) electrons. The van der Waals surface area contributed by atoms with Gasteiger partial charge in [0.15, 0.2) is 11.9 Å². The summed E-state index contributed by atoms with van der Waals surface area (Å²) in [5.74, 6) is 2.39. The zero-order valence-corrected chi connectivity index (χ0v) is 15.4. The Hall–Kier alpha value is -2.08. The number of benzene rings is 1. The fourth-order valence-electron chi connectivity index (χ4n) is 3.03. The summed E-state index contributed by atoms with van der Waals surface area (Å²) in [6, 6.07) is 6.99. The second-order valence-electron chi connectivity index (χ2n) is 6.40. The maximum Gasteiger partial charge on any atom is 0.263 e. The van der Waals surface area contributed by atoms with E-state index in [1.807, 2.05) is 0 Å². The highest BCUT2D eigenvalue weighted by Gasteiger charge is 2.22. The summed E-state index contributed by atoms with van der Waals surface area (Å²) < 4.78 is 7.87. The monoisotopic (exact) mass is 362 g/mol. The number of fused-ring (bicyclic) bond motifs is 1. The van der Waals surface area contributed by atoms with Gasteiger partial charge in [0.1, 0.15) is 11.6 Å².